The van der Waals surface area contributed by atoms with E-state index in [1.165, 1.54) is 7.11 Å². The third-order valence-electron chi connectivity index (χ3n) is 2.86. The van der Waals surface area contributed by atoms with Crippen molar-refractivity contribution in [1.82, 2.24) is 0 Å². The Morgan fingerprint density at radius 1 is 1.00 bits per heavy atom. The van der Waals surface area contributed by atoms with Crippen LogP contribution in [0.4, 0.5) is 0 Å². The van der Waals surface area contributed by atoms with Crippen LogP contribution in [0.2, 0.25) is 0 Å². The van der Waals surface area contributed by atoms with Crippen LogP contribution in [-0.4, -0.2) is 13.1 Å². The van der Waals surface area contributed by atoms with Gasteiger partial charge in [0.2, 0.25) is 0 Å². The van der Waals surface area contributed by atoms with E-state index in [4.69, 9.17) is 4.74 Å². The molecule has 0 radical (unpaired) electrons. The summed E-state index contributed by atoms with van der Waals surface area (Å²) in [5.74, 6) is 0.381. The Labute approximate surface area is 112 Å². The van der Waals surface area contributed by atoms with Crippen molar-refractivity contribution in [2.45, 2.75) is 13.0 Å². The highest BCUT2D eigenvalue weighted by atomic mass is 16.5. The maximum Gasteiger partial charge on any atom is 0.337 e. The summed E-state index contributed by atoms with van der Waals surface area (Å²) in [6.45, 7) is 1.99. The molecule has 0 saturated carbocycles. The Bertz CT molecular complexity index is 532. The average molecular weight is 256 g/mol. The first-order chi connectivity index (χ1) is 9.20. The number of methoxy groups -OCH3 is 1. The monoisotopic (exact) mass is 256 g/mol. The van der Waals surface area contributed by atoms with E-state index < -0.39 is 0 Å². The molecule has 0 N–H and O–H groups in total. The maximum absolute atomic E-state index is 11.3. The molecule has 98 valence electrons. The first-order valence-corrected chi connectivity index (χ1v) is 6.10. The summed E-state index contributed by atoms with van der Waals surface area (Å²) in [6.07, 6.45) is -0.0369. The standard InChI is InChI=1S/C16H16O3/c1-12(13-6-4-3-5-7-13)19-15-10-8-14(9-11-15)16(17)18-2/h3-12H,1-2H3/t12-/m1/s1. The molecular weight excluding hydrogens is 240 g/mol. The molecule has 0 aromatic heterocycles. The zero-order chi connectivity index (χ0) is 13.7. The molecule has 2 aromatic carbocycles. The van der Waals surface area contributed by atoms with E-state index >= 15 is 0 Å². The molecule has 3 nitrogen and oxygen atoms in total. The molecule has 0 aliphatic rings. The van der Waals surface area contributed by atoms with Crippen LogP contribution in [0.3, 0.4) is 0 Å². The van der Waals surface area contributed by atoms with Crippen LogP contribution in [0.1, 0.15) is 28.9 Å². The van der Waals surface area contributed by atoms with Gasteiger partial charge in [0.1, 0.15) is 11.9 Å². The fraction of sp³-hybridized carbons (Fsp3) is 0.188. The Hall–Kier alpha value is -2.29. The van der Waals surface area contributed by atoms with Gasteiger partial charge in [-0.2, -0.15) is 0 Å². The van der Waals surface area contributed by atoms with E-state index in [-0.39, 0.29) is 12.1 Å². The van der Waals surface area contributed by atoms with Crippen LogP contribution in [0, 0.1) is 0 Å². The number of benzene rings is 2. The molecule has 2 rings (SSSR count). The molecule has 0 amide bonds. The summed E-state index contributed by atoms with van der Waals surface area (Å²) in [4.78, 5) is 11.3. The lowest BCUT2D eigenvalue weighted by molar-refractivity contribution is 0.0600. The second-order valence-electron chi connectivity index (χ2n) is 4.19. The van der Waals surface area contributed by atoms with Crippen molar-refractivity contribution in [3.05, 3.63) is 65.7 Å². The van der Waals surface area contributed by atoms with Gasteiger partial charge in [0.25, 0.3) is 0 Å². The fourth-order valence-corrected chi connectivity index (χ4v) is 1.78. The number of rotatable bonds is 4. The van der Waals surface area contributed by atoms with Crippen LogP contribution in [0.5, 0.6) is 5.75 Å². The van der Waals surface area contributed by atoms with Gasteiger partial charge in [0, 0.05) is 0 Å². The van der Waals surface area contributed by atoms with Gasteiger partial charge in [0.05, 0.1) is 12.7 Å². The molecule has 0 aliphatic heterocycles. The SMILES string of the molecule is COC(=O)c1ccc(O[C@H](C)c2ccccc2)cc1. The summed E-state index contributed by atoms with van der Waals surface area (Å²) >= 11 is 0. The molecule has 3 heteroatoms. The van der Waals surface area contributed by atoms with Gasteiger partial charge in [-0.05, 0) is 36.8 Å². The highest BCUT2D eigenvalue weighted by molar-refractivity contribution is 5.89. The van der Waals surface area contributed by atoms with E-state index in [9.17, 15) is 4.79 Å². The Morgan fingerprint density at radius 3 is 2.21 bits per heavy atom. The topological polar surface area (TPSA) is 35.5 Å². The number of hydrogen-bond acceptors (Lipinski definition) is 3. The van der Waals surface area contributed by atoms with E-state index in [0.29, 0.717) is 5.56 Å². The third-order valence-corrected chi connectivity index (χ3v) is 2.86. The van der Waals surface area contributed by atoms with E-state index in [1.54, 1.807) is 24.3 Å². The van der Waals surface area contributed by atoms with Crippen molar-refractivity contribution in [3.63, 3.8) is 0 Å². The minimum absolute atomic E-state index is 0.0369. The van der Waals surface area contributed by atoms with Gasteiger partial charge in [-0.3, -0.25) is 0 Å². The molecule has 0 saturated heterocycles. The molecule has 0 spiro atoms. The molecule has 19 heavy (non-hydrogen) atoms. The molecule has 0 unspecified atom stereocenters. The summed E-state index contributed by atoms with van der Waals surface area (Å²) in [7, 11) is 1.37. The Balaban J connectivity index is 2.06. The van der Waals surface area contributed by atoms with Gasteiger partial charge < -0.3 is 9.47 Å². The highest BCUT2D eigenvalue weighted by Gasteiger charge is 2.08. The lowest BCUT2D eigenvalue weighted by atomic mass is 10.1. The van der Waals surface area contributed by atoms with Crippen molar-refractivity contribution in [3.8, 4) is 5.75 Å². The van der Waals surface area contributed by atoms with Crippen LogP contribution in [-0.2, 0) is 4.74 Å². The van der Waals surface area contributed by atoms with Crippen molar-refractivity contribution in [1.29, 1.82) is 0 Å². The minimum Gasteiger partial charge on any atom is -0.486 e. The third kappa shape index (κ3) is 3.35. The van der Waals surface area contributed by atoms with Crippen molar-refractivity contribution in [2.24, 2.45) is 0 Å². The van der Waals surface area contributed by atoms with E-state index in [0.717, 1.165) is 11.3 Å². The van der Waals surface area contributed by atoms with Crippen LogP contribution in [0.15, 0.2) is 54.6 Å². The zero-order valence-corrected chi connectivity index (χ0v) is 11.0. The summed E-state index contributed by atoms with van der Waals surface area (Å²) in [5, 5.41) is 0. The molecule has 0 fully saturated rings. The lowest BCUT2D eigenvalue weighted by Gasteiger charge is -2.15. The van der Waals surface area contributed by atoms with E-state index in [1.807, 2.05) is 37.3 Å². The second-order valence-corrected chi connectivity index (χ2v) is 4.19. The first kappa shape index (κ1) is 13.1. The van der Waals surface area contributed by atoms with Gasteiger partial charge in [0.15, 0.2) is 0 Å². The number of esters is 1. The van der Waals surface area contributed by atoms with Crippen molar-refractivity contribution >= 4 is 5.97 Å². The summed E-state index contributed by atoms with van der Waals surface area (Å²) in [5.41, 5.74) is 1.63. The average Bonchev–Trinajstić information content (AvgIpc) is 2.48. The Morgan fingerprint density at radius 2 is 1.63 bits per heavy atom. The molecular formula is C16H16O3. The highest BCUT2D eigenvalue weighted by Crippen LogP contribution is 2.21. The number of hydrogen-bond donors (Lipinski definition) is 0. The molecule has 0 aliphatic carbocycles. The smallest absolute Gasteiger partial charge is 0.337 e. The number of ether oxygens (including phenoxy) is 2. The van der Waals surface area contributed by atoms with Crippen LogP contribution < -0.4 is 4.74 Å². The summed E-state index contributed by atoms with van der Waals surface area (Å²) < 4.78 is 10.5. The zero-order valence-electron chi connectivity index (χ0n) is 11.0. The van der Waals surface area contributed by atoms with Crippen molar-refractivity contribution in [2.75, 3.05) is 7.11 Å². The van der Waals surface area contributed by atoms with Gasteiger partial charge in [-0.25, -0.2) is 4.79 Å². The molecule has 0 bridgehead atoms. The number of carbonyl (C=O) groups excluding carboxylic acids is 1. The van der Waals surface area contributed by atoms with Gasteiger partial charge in [-0.15, -0.1) is 0 Å². The quantitative estimate of drug-likeness (QED) is 0.784. The first-order valence-electron chi connectivity index (χ1n) is 6.10. The normalized spacial score (nSPS) is 11.7. The van der Waals surface area contributed by atoms with Gasteiger partial charge in [-0.1, -0.05) is 30.3 Å². The predicted molar refractivity (Wildman–Crippen MR) is 73.3 cm³/mol. The van der Waals surface area contributed by atoms with Crippen LogP contribution >= 0.6 is 0 Å². The van der Waals surface area contributed by atoms with Crippen LogP contribution in [0.25, 0.3) is 0 Å². The fourth-order valence-electron chi connectivity index (χ4n) is 1.78. The van der Waals surface area contributed by atoms with Crippen molar-refractivity contribution < 1.29 is 14.3 Å². The second kappa shape index (κ2) is 6.05. The lowest BCUT2D eigenvalue weighted by Crippen LogP contribution is -2.04. The number of carbonyl (C=O) groups is 1. The van der Waals surface area contributed by atoms with Gasteiger partial charge >= 0.3 is 5.97 Å². The maximum atomic E-state index is 11.3. The predicted octanol–water partition coefficient (Wildman–Crippen LogP) is 3.61. The Kier molecular flexibility index (Phi) is 4.18. The minimum atomic E-state index is -0.345. The molecule has 2 aromatic rings. The molecule has 1 atom stereocenters. The summed E-state index contributed by atoms with van der Waals surface area (Å²) in [6, 6.07) is 16.9. The largest absolute Gasteiger partial charge is 0.486 e. The molecule has 0 heterocycles. The van der Waals surface area contributed by atoms with E-state index in [2.05, 4.69) is 4.74 Å².